The van der Waals surface area contributed by atoms with Crippen LogP contribution in [0, 0.1) is 5.92 Å². The zero-order valence-corrected chi connectivity index (χ0v) is 14.5. The molecular weight excluding hydrogens is 308 g/mol. The first-order valence-electron chi connectivity index (χ1n) is 8.66. The summed E-state index contributed by atoms with van der Waals surface area (Å²) in [7, 11) is 1.74. The Morgan fingerprint density at radius 3 is 2.71 bits per heavy atom. The number of hydrogen-bond acceptors (Lipinski definition) is 6. The van der Waals surface area contributed by atoms with Gasteiger partial charge < -0.3 is 14.4 Å². The van der Waals surface area contributed by atoms with Crippen LogP contribution in [0.15, 0.2) is 12.4 Å². The molecule has 7 nitrogen and oxygen atoms in total. The van der Waals surface area contributed by atoms with E-state index in [1.165, 1.54) is 0 Å². The number of methoxy groups -OCH3 is 1. The zero-order chi connectivity index (χ0) is 16.9. The van der Waals surface area contributed by atoms with Gasteiger partial charge in [0.2, 0.25) is 0 Å². The van der Waals surface area contributed by atoms with Gasteiger partial charge in [-0.05, 0) is 45.2 Å². The lowest BCUT2D eigenvalue weighted by atomic mass is 9.92. The summed E-state index contributed by atoms with van der Waals surface area (Å²) in [6, 6.07) is 0. The van der Waals surface area contributed by atoms with Crippen LogP contribution >= 0.6 is 0 Å². The maximum absolute atomic E-state index is 12.0. The van der Waals surface area contributed by atoms with E-state index in [4.69, 9.17) is 9.47 Å². The van der Waals surface area contributed by atoms with Gasteiger partial charge in [-0.3, -0.25) is 9.88 Å². The standard InChI is InChI=1S/C17H26N4O3/c1-13-12-21(17(22)24-13)16-15(18-5-6-19-16)11-14-3-7-20(8-4-14)9-10-23-2/h5-6,13-14H,3-4,7-12H2,1-2H3/t13-/m1/s1. The number of carbonyl (C=O) groups excluding carboxylic acids is 1. The van der Waals surface area contributed by atoms with Gasteiger partial charge >= 0.3 is 6.09 Å². The molecule has 0 aromatic carbocycles. The third-order valence-corrected chi connectivity index (χ3v) is 4.77. The Hall–Kier alpha value is -1.73. The van der Waals surface area contributed by atoms with Crippen molar-refractivity contribution in [2.45, 2.75) is 32.3 Å². The number of aromatic nitrogens is 2. The molecule has 1 aromatic heterocycles. The van der Waals surface area contributed by atoms with Crippen molar-refractivity contribution >= 4 is 11.9 Å². The minimum absolute atomic E-state index is 0.101. The molecule has 0 N–H and O–H groups in total. The second kappa shape index (κ2) is 7.90. The molecule has 0 saturated carbocycles. The number of ether oxygens (including phenoxy) is 2. The molecule has 2 aliphatic heterocycles. The average Bonchev–Trinajstić information content (AvgIpc) is 2.93. The van der Waals surface area contributed by atoms with Crippen molar-refractivity contribution in [3.63, 3.8) is 0 Å². The Morgan fingerprint density at radius 1 is 1.29 bits per heavy atom. The van der Waals surface area contributed by atoms with Crippen molar-refractivity contribution in [3.8, 4) is 0 Å². The van der Waals surface area contributed by atoms with Gasteiger partial charge in [0.15, 0.2) is 5.82 Å². The van der Waals surface area contributed by atoms with Gasteiger partial charge in [0, 0.05) is 26.0 Å². The molecule has 2 aliphatic rings. The van der Waals surface area contributed by atoms with E-state index >= 15 is 0 Å². The fourth-order valence-corrected chi connectivity index (χ4v) is 3.41. The Labute approximate surface area is 143 Å². The summed E-state index contributed by atoms with van der Waals surface area (Å²) in [5.74, 6) is 1.24. The fourth-order valence-electron chi connectivity index (χ4n) is 3.41. The van der Waals surface area contributed by atoms with Gasteiger partial charge in [-0.15, -0.1) is 0 Å². The summed E-state index contributed by atoms with van der Waals surface area (Å²) in [6.07, 6.45) is 6.07. The van der Waals surface area contributed by atoms with Crippen LogP contribution in [0.25, 0.3) is 0 Å². The maximum Gasteiger partial charge on any atom is 0.415 e. The molecule has 1 aromatic rings. The van der Waals surface area contributed by atoms with Crippen LogP contribution in [-0.4, -0.2) is 67.0 Å². The lowest BCUT2D eigenvalue weighted by Crippen LogP contribution is -2.36. The van der Waals surface area contributed by atoms with E-state index in [1.807, 2.05) is 6.92 Å². The Balaban J connectivity index is 1.61. The van der Waals surface area contributed by atoms with E-state index in [9.17, 15) is 4.79 Å². The van der Waals surface area contributed by atoms with Gasteiger partial charge in [-0.2, -0.15) is 0 Å². The highest BCUT2D eigenvalue weighted by Gasteiger charge is 2.32. The van der Waals surface area contributed by atoms with E-state index in [-0.39, 0.29) is 12.2 Å². The number of hydrogen-bond donors (Lipinski definition) is 0. The Morgan fingerprint density at radius 2 is 2.04 bits per heavy atom. The first-order valence-corrected chi connectivity index (χ1v) is 8.66. The molecule has 7 heteroatoms. The van der Waals surface area contributed by atoms with Crippen molar-refractivity contribution in [3.05, 3.63) is 18.1 Å². The minimum atomic E-state index is -0.321. The lowest BCUT2D eigenvalue weighted by Gasteiger charge is -2.31. The number of likely N-dealkylation sites (tertiary alicyclic amines) is 1. The molecule has 0 spiro atoms. The summed E-state index contributed by atoms with van der Waals surface area (Å²) in [5, 5.41) is 0. The van der Waals surface area contributed by atoms with Crippen LogP contribution in [0.4, 0.5) is 10.6 Å². The summed E-state index contributed by atoms with van der Waals surface area (Å²) in [6.45, 7) is 6.40. The number of piperidine rings is 1. The summed E-state index contributed by atoms with van der Waals surface area (Å²) < 4.78 is 10.4. The van der Waals surface area contributed by atoms with Crippen LogP contribution in [0.5, 0.6) is 0 Å². The van der Waals surface area contributed by atoms with E-state index in [0.29, 0.717) is 18.3 Å². The first kappa shape index (κ1) is 17.1. The van der Waals surface area contributed by atoms with Crippen LogP contribution in [0.1, 0.15) is 25.5 Å². The molecule has 2 saturated heterocycles. The number of cyclic esters (lactones) is 1. The molecule has 2 fully saturated rings. The normalized spacial score (nSPS) is 22.8. The van der Waals surface area contributed by atoms with E-state index in [0.717, 1.165) is 51.2 Å². The van der Waals surface area contributed by atoms with Gasteiger partial charge in [-0.1, -0.05) is 0 Å². The van der Waals surface area contributed by atoms with Crippen molar-refractivity contribution in [1.29, 1.82) is 0 Å². The SMILES string of the molecule is COCCN1CCC(Cc2nccnc2N2C[C@@H](C)OC2=O)CC1. The highest BCUT2D eigenvalue weighted by atomic mass is 16.6. The Kier molecular flexibility index (Phi) is 5.63. The number of rotatable bonds is 6. The van der Waals surface area contributed by atoms with Crippen molar-refractivity contribution in [1.82, 2.24) is 14.9 Å². The quantitative estimate of drug-likeness (QED) is 0.789. The maximum atomic E-state index is 12.0. The number of amides is 1. The van der Waals surface area contributed by atoms with Crippen molar-refractivity contribution in [2.75, 3.05) is 44.8 Å². The second-order valence-corrected chi connectivity index (χ2v) is 6.61. The van der Waals surface area contributed by atoms with Gasteiger partial charge in [0.1, 0.15) is 6.10 Å². The minimum Gasteiger partial charge on any atom is -0.444 e. The molecule has 0 aliphatic carbocycles. The van der Waals surface area contributed by atoms with Crippen LogP contribution < -0.4 is 4.90 Å². The van der Waals surface area contributed by atoms with Crippen molar-refractivity contribution in [2.24, 2.45) is 5.92 Å². The van der Waals surface area contributed by atoms with Crippen molar-refractivity contribution < 1.29 is 14.3 Å². The molecule has 3 heterocycles. The summed E-state index contributed by atoms with van der Waals surface area (Å²) in [4.78, 5) is 24.9. The number of anilines is 1. The number of nitrogens with zero attached hydrogens (tertiary/aromatic N) is 4. The van der Waals surface area contributed by atoms with Gasteiger partial charge in [-0.25, -0.2) is 9.78 Å². The van der Waals surface area contributed by atoms with Gasteiger partial charge in [0.25, 0.3) is 0 Å². The molecule has 0 unspecified atom stereocenters. The van der Waals surface area contributed by atoms with Gasteiger partial charge in [0.05, 0.1) is 18.8 Å². The smallest absolute Gasteiger partial charge is 0.415 e. The first-order chi connectivity index (χ1) is 11.7. The molecule has 132 valence electrons. The second-order valence-electron chi connectivity index (χ2n) is 6.61. The van der Waals surface area contributed by atoms with E-state index in [2.05, 4.69) is 14.9 Å². The number of carbonyl (C=O) groups is 1. The molecule has 24 heavy (non-hydrogen) atoms. The predicted molar refractivity (Wildman–Crippen MR) is 90.1 cm³/mol. The summed E-state index contributed by atoms with van der Waals surface area (Å²) in [5.41, 5.74) is 0.902. The molecule has 0 radical (unpaired) electrons. The highest BCUT2D eigenvalue weighted by molar-refractivity contribution is 5.89. The zero-order valence-electron chi connectivity index (χ0n) is 14.5. The molecule has 1 atom stereocenters. The summed E-state index contributed by atoms with van der Waals surface area (Å²) >= 11 is 0. The topological polar surface area (TPSA) is 67.8 Å². The highest BCUT2D eigenvalue weighted by Crippen LogP contribution is 2.27. The van der Waals surface area contributed by atoms with Crippen LogP contribution in [-0.2, 0) is 15.9 Å². The molecule has 0 bridgehead atoms. The van der Waals surface area contributed by atoms with E-state index < -0.39 is 0 Å². The fraction of sp³-hybridized carbons (Fsp3) is 0.706. The molecule has 3 rings (SSSR count). The van der Waals surface area contributed by atoms with Crippen LogP contribution in [0.2, 0.25) is 0 Å². The molecular formula is C17H26N4O3. The van der Waals surface area contributed by atoms with E-state index in [1.54, 1.807) is 24.4 Å². The third-order valence-electron chi connectivity index (χ3n) is 4.77. The predicted octanol–water partition coefficient (Wildman–Crippen LogP) is 1.72. The third kappa shape index (κ3) is 4.02. The van der Waals surface area contributed by atoms with Crippen LogP contribution in [0.3, 0.4) is 0 Å². The molecule has 1 amide bonds. The monoisotopic (exact) mass is 334 g/mol. The average molecular weight is 334 g/mol. The largest absolute Gasteiger partial charge is 0.444 e. The Bertz CT molecular complexity index is 561. The lowest BCUT2D eigenvalue weighted by molar-refractivity contribution is 0.120.